The van der Waals surface area contributed by atoms with Gasteiger partial charge in [-0.05, 0) is 47.4 Å². The molecule has 3 heterocycles. The highest BCUT2D eigenvalue weighted by Gasteiger charge is 2.19. The molecule has 5 nitrogen and oxygen atoms in total. The first kappa shape index (κ1) is 27.1. The number of nitrogens with zero attached hydrogens (tertiary/aromatic N) is 4. The Morgan fingerprint density at radius 2 is 1.28 bits per heavy atom. The van der Waals surface area contributed by atoms with Gasteiger partial charge >= 0.3 is 0 Å². The molecule has 0 aliphatic heterocycles. The number of rotatable bonds is 5. The van der Waals surface area contributed by atoms with Crippen molar-refractivity contribution in [1.29, 1.82) is 0 Å². The Kier molecular flexibility index (Phi) is 6.53. The Labute approximate surface area is 271 Å². The largest absolute Gasteiger partial charge is 0.455 e. The Morgan fingerprint density at radius 3 is 2.02 bits per heavy atom. The fourth-order valence-electron chi connectivity index (χ4n) is 6.56. The lowest BCUT2D eigenvalue weighted by Gasteiger charge is -2.17. The number of fused-ring (bicyclic) bond motifs is 5. The van der Waals surface area contributed by atoms with Gasteiger partial charge in [0.05, 0.1) is 11.1 Å². The molecule has 5 aromatic carbocycles. The standard InChI is InChI=1S/C42H28N4O/c1-3-9-27(10-4-1)28-16-18-29(19-17-28)30-20-22-32(23-21-30)41-44-40(31-11-5-2-6-12-31)45-42(46-41)35-14-7-13-34-38-33-15-8-26-43-36(33)24-25-37(38)47-39(34)35/h1-18,20-26,29H,19H2. The van der Waals surface area contributed by atoms with Crippen molar-refractivity contribution >= 4 is 38.4 Å². The van der Waals surface area contributed by atoms with Gasteiger partial charge in [0.1, 0.15) is 11.2 Å². The number of pyridine rings is 1. The molecule has 5 heteroatoms. The smallest absolute Gasteiger partial charge is 0.167 e. The summed E-state index contributed by atoms with van der Waals surface area (Å²) in [5.41, 5.74) is 8.96. The van der Waals surface area contributed by atoms with Crippen LogP contribution in [-0.4, -0.2) is 19.9 Å². The maximum atomic E-state index is 6.52. The summed E-state index contributed by atoms with van der Waals surface area (Å²) in [6, 6.07) is 43.4. The van der Waals surface area contributed by atoms with E-state index in [1.54, 1.807) is 0 Å². The maximum Gasteiger partial charge on any atom is 0.167 e. The number of allylic oxidation sites excluding steroid dienone is 4. The van der Waals surface area contributed by atoms with E-state index in [1.807, 2.05) is 66.9 Å². The minimum atomic E-state index is 0.322. The highest BCUT2D eigenvalue weighted by Crippen LogP contribution is 2.39. The van der Waals surface area contributed by atoms with Crippen LogP contribution in [0.1, 0.15) is 23.5 Å². The Morgan fingerprint density at radius 1 is 0.574 bits per heavy atom. The van der Waals surface area contributed by atoms with Crippen molar-refractivity contribution in [1.82, 2.24) is 19.9 Å². The quantitative estimate of drug-likeness (QED) is 0.196. The third kappa shape index (κ3) is 4.89. The normalized spacial score (nSPS) is 14.6. The molecular formula is C42H28N4O. The fourth-order valence-corrected chi connectivity index (χ4v) is 6.56. The third-order valence-corrected chi connectivity index (χ3v) is 8.96. The minimum Gasteiger partial charge on any atom is -0.455 e. The molecular weight excluding hydrogens is 576 g/mol. The van der Waals surface area contributed by atoms with Crippen molar-refractivity contribution in [2.45, 2.75) is 12.3 Å². The van der Waals surface area contributed by atoms with Gasteiger partial charge in [-0.3, -0.25) is 4.98 Å². The van der Waals surface area contributed by atoms with E-state index in [0.717, 1.165) is 56.0 Å². The lowest BCUT2D eigenvalue weighted by Crippen LogP contribution is -2.01. The Balaban J connectivity index is 1.12. The first-order valence-corrected chi connectivity index (χ1v) is 15.8. The van der Waals surface area contributed by atoms with Gasteiger partial charge in [0.15, 0.2) is 17.5 Å². The zero-order valence-electron chi connectivity index (χ0n) is 25.4. The lowest BCUT2D eigenvalue weighted by atomic mass is 9.88. The molecule has 0 amide bonds. The molecule has 0 saturated heterocycles. The number of aromatic nitrogens is 4. The average molecular weight is 605 g/mol. The van der Waals surface area contributed by atoms with Gasteiger partial charge in [0, 0.05) is 39.4 Å². The van der Waals surface area contributed by atoms with E-state index in [-0.39, 0.29) is 0 Å². The van der Waals surface area contributed by atoms with Crippen molar-refractivity contribution < 1.29 is 4.42 Å². The molecule has 8 aromatic rings. The molecule has 1 unspecified atom stereocenters. The number of para-hydroxylation sites is 1. The second kappa shape index (κ2) is 11.3. The molecule has 0 saturated carbocycles. The summed E-state index contributed by atoms with van der Waals surface area (Å²) in [6.45, 7) is 0. The summed E-state index contributed by atoms with van der Waals surface area (Å²) in [5.74, 6) is 2.13. The van der Waals surface area contributed by atoms with Crippen LogP contribution in [0.5, 0.6) is 0 Å². The van der Waals surface area contributed by atoms with E-state index in [2.05, 4.69) is 89.9 Å². The molecule has 0 bridgehead atoms. The molecule has 0 radical (unpaired) electrons. The monoisotopic (exact) mass is 604 g/mol. The molecule has 1 aliphatic carbocycles. The van der Waals surface area contributed by atoms with Gasteiger partial charge in [-0.15, -0.1) is 0 Å². The zero-order valence-corrected chi connectivity index (χ0v) is 25.4. The summed E-state index contributed by atoms with van der Waals surface area (Å²) in [6.07, 6.45) is 9.65. The second-order valence-corrected chi connectivity index (χ2v) is 11.8. The van der Waals surface area contributed by atoms with E-state index in [9.17, 15) is 0 Å². The van der Waals surface area contributed by atoms with Crippen molar-refractivity contribution in [2.24, 2.45) is 0 Å². The number of furan rings is 1. The minimum absolute atomic E-state index is 0.322. The molecule has 47 heavy (non-hydrogen) atoms. The van der Waals surface area contributed by atoms with Crippen LogP contribution >= 0.6 is 0 Å². The van der Waals surface area contributed by atoms with Gasteiger partial charge in [0.2, 0.25) is 0 Å². The summed E-state index contributed by atoms with van der Waals surface area (Å²) in [4.78, 5) is 19.6. The molecule has 0 spiro atoms. The molecule has 3 aromatic heterocycles. The maximum absolute atomic E-state index is 6.52. The molecule has 0 N–H and O–H groups in total. The van der Waals surface area contributed by atoms with Gasteiger partial charge in [-0.25, -0.2) is 15.0 Å². The van der Waals surface area contributed by atoms with E-state index in [4.69, 9.17) is 19.4 Å². The SMILES string of the molecule is C1=CC(c2ccc(-c3nc(-c4ccccc4)nc(-c4cccc5c4oc4ccc6ncccc6c45)n3)cc2)CC=C1c1ccccc1. The topological polar surface area (TPSA) is 64.7 Å². The van der Waals surface area contributed by atoms with E-state index >= 15 is 0 Å². The van der Waals surface area contributed by atoms with Crippen LogP contribution in [0.2, 0.25) is 0 Å². The summed E-state index contributed by atoms with van der Waals surface area (Å²) in [7, 11) is 0. The van der Waals surface area contributed by atoms with Crippen LogP contribution in [0.15, 0.2) is 156 Å². The molecule has 0 fully saturated rings. The first-order chi connectivity index (χ1) is 23.3. The molecule has 9 rings (SSSR count). The molecule has 1 aliphatic rings. The summed E-state index contributed by atoms with van der Waals surface area (Å²) >= 11 is 0. The van der Waals surface area contributed by atoms with Gasteiger partial charge in [-0.2, -0.15) is 0 Å². The van der Waals surface area contributed by atoms with Crippen molar-refractivity contribution in [3.05, 3.63) is 163 Å². The zero-order chi connectivity index (χ0) is 31.2. The Bertz CT molecular complexity index is 2480. The van der Waals surface area contributed by atoms with Gasteiger partial charge in [0.25, 0.3) is 0 Å². The van der Waals surface area contributed by atoms with Gasteiger partial charge < -0.3 is 4.42 Å². The van der Waals surface area contributed by atoms with E-state index < -0.39 is 0 Å². The lowest BCUT2D eigenvalue weighted by molar-refractivity contribution is 0.669. The van der Waals surface area contributed by atoms with Crippen LogP contribution in [0, 0.1) is 0 Å². The van der Waals surface area contributed by atoms with E-state index in [0.29, 0.717) is 23.4 Å². The van der Waals surface area contributed by atoms with Crippen LogP contribution in [0.4, 0.5) is 0 Å². The van der Waals surface area contributed by atoms with Gasteiger partial charge in [-0.1, -0.05) is 121 Å². The van der Waals surface area contributed by atoms with E-state index in [1.165, 1.54) is 16.7 Å². The predicted molar refractivity (Wildman–Crippen MR) is 190 cm³/mol. The summed E-state index contributed by atoms with van der Waals surface area (Å²) in [5, 5.41) is 3.11. The number of benzene rings is 5. The second-order valence-electron chi connectivity index (χ2n) is 11.8. The third-order valence-electron chi connectivity index (χ3n) is 8.96. The van der Waals surface area contributed by atoms with Crippen molar-refractivity contribution in [3.63, 3.8) is 0 Å². The van der Waals surface area contributed by atoms with Crippen LogP contribution in [0.3, 0.4) is 0 Å². The summed E-state index contributed by atoms with van der Waals surface area (Å²) < 4.78 is 6.52. The van der Waals surface area contributed by atoms with Crippen molar-refractivity contribution in [2.75, 3.05) is 0 Å². The fraction of sp³-hybridized carbons (Fsp3) is 0.0476. The Hall–Kier alpha value is -6.20. The molecule has 222 valence electrons. The molecule has 1 atom stereocenters. The van der Waals surface area contributed by atoms with Crippen LogP contribution in [0.25, 0.3) is 72.6 Å². The predicted octanol–water partition coefficient (Wildman–Crippen LogP) is 10.4. The highest BCUT2D eigenvalue weighted by atomic mass is 16.3. The van der Waals surface area contributed by atoms with Crippen molar-refractivity contribution in [3.8, 4) is 34.2 Å². The van der Waals surface area contributed by atoms with Crippen LogP contribution < -0.4 is 0 Å². The number of hydrogen-bond donors (Lipinski definition) is 0. The first-order valence-electron chi connectivity index (χ1n) is 15.8. The van der Waals surface area contributed by atoms with Crippen LogP contribution in [-0.2, 0) is 0 Å². The number of hydrogen-bond acceptors (Lipinski definition) is 5. The highest BCUT2D eigenvalue weighted by molar-refractivity contribution is 6.19. The average Bonchev–Trinajstić information content (AvgIpc) is 3.55.